The van der Waals surface area contributed by atoms with Crippen molar-refractivity contribution in [3.8, 4) is 0 Å². The number of aromatic nitrogens is 4. The number of rotatable bonds is 11. The van der Waals surface area contributed by atoms with Gasteiger partial charge in [0.25, 0.3) is 5.91 Å². The Labute approximate surface area is 218 Å². The highest BCUT2D eigenvalue weighted by atomic mass is 16.4. The number of hydrogen-bond donors (Lipinski definition) is 5. The summed E-state index contributed by atoms with van der Waals surface area (Å²) in [5.41, 5.74) is 15.8. The first-order valence-corrected chi connectivity index (χ1v) is 11.7. The smallest absolute Gasteiger partial charge is 0.326 e. The quantitative estimate of drug-likeness (QED) is 0.229. The van der Waals surface area contributed by atoms with E-state index in [4.69, 9.17) is 16.6 Å². The number of carboxylic acids is 2. The van der Waals surface area contributed by atoms with Crippen molar-refractivity contribution in [3.63, 3.8) is 0 Å². The minimum absolute atomic E-state index is 0.0125. The Morgan fingerprint density at radius 1 is 1.13 bits per heavy atom. The summed E-state index contributed by atoms with van der Waals surface area (Å²) >= 11 is 0. The summed E-state index contributed by atoms with van der Waals surface area (Å²) in [5, 5.41) is 20.6. The second-order valence-corrected chi connectivity index (χ2v) is 8.96. The molecule has 0 fully saturated rings. The maximum atomic E-state index is 12.7. The summed E-state index contributed by atoms with van der Waals surface area (Å²) in [6, 6.07) is 3.69. The van der Waals surface area contributed by atoms with E-state index in [-0.39, 0.29) is 30.2 Å². The molecule has 0 bridgehead atoms. The van der Waals surface area contributed by atoms with Crippen LogP contribution in [0.25, 0.3) is 11.2 Å². The number of benzene rings is 1. The first-order chi connectivity index (χ1) is 17.9. The van der Waals surface area contributed by atoms with E-state index >= 15 is 0 Å². The molecule has 0 saturated heterocycles. The van der Waals surface area contributed by atoms with Crippen molar-refractivity contribution >= 4 is 46.5 Å². The van der Waals surface area contributed by atoms with Crippen molar-refractivity contribution in [3.05, 3.63) is 52.9 Å². The molecule has 0 aliphatic heterocycles. The molecule has 7 N–H and O–H groups in total. The molecule has 38 heavy (non-hydrogen) atoms. The van der Waals surface area contributed by atoms with Gasteiger partial charge in [0.15, 0.2) is 17.0 Å². The second-order valence-electron chi connectivity index (χ2n) is 8.96. The predicted molar refractivity (Wildman–Crippen MR) is 141 cm³/mol. The average molecular weight is 523 g/mol. The van der Waals surface area contributed by atoms with Crippen LogP contribution in [0.3, 0.4) is 0 Å². The van der Waals surface area contributed by atoms with Crippen LogP contribution in [0.1, 0.15) is 48.3 Å². The van der Waals surface area contributed by atoms with Gasteiger partial charge in [-0.25, -0.2) is 14.8 Å². The van der Waals surface area contributed by atoms with Crippen LogP contribution < -0.4 is 21.7 Å². The standard InChI is InChI=1S/C25H30N8O5/c1-13(2)8-9-33(12-16-11-28-22-20(29-16)21(26)31-25(27)32-22)18-6-4-15(10-14(18)3)23(36)30-17(24(37)38)5-7-19(34)35/h4,6,8,10-11,17H,5,7,9,12H2,1-3H3,(H,30,36)(H,34,35)(H,37,38)(H4,26,27,28,31,32). The molecular weight excluding hydrogens is 492 g/mol. The second kappa shape index (κ2) is 12.0. The fourth-order valence-corrected chi connectivity index (χ4v) is 3.71. The fourth-order valence-electron chi connectivity index (χ4n) is 3.71. The summed E-state index contributed by atoms with van der Waals surface area (Å²) in [4.78, 5) is 53.9. The molecule has 2 heterocycles. The van der Waals surface area contributed by atoms with Crippen LogP contribution in [0.15, 0.2) is 36.0 Å². The van der Waals surface area contributed by atoms with E-state index in [1.807, 2.05) is 31.7 Å². The van der Waals surface area contributed by atoms with Gasteiger partial charge in [0.1, 0.15) is 6.04 Å². The number of fused-ring (bicyclic) bond motifs is 1. The summed E-state index contributed by atoms with van der Waals surface area (Å²) in [5.74, 6) is -2.90. The first kappa shape index (κ1) is 27.8. The van der Waals surface area contributed by atoms with Crippen LogP contribution in [-0.2, 0) is 16.1 Å². The van der Waals surface area contributed by atoms with Gasteiger partial charge in [0, 0.05) is 24.2 Å². The number of allylic oxidation sites excluding steroid dienone is 1. The third kappa shape index (κ3) is 7.12. The summed E-state index contributed by atoms with van der Waals surface area (Å²) in [7, 11) is 0. The normalized spacial score (nSPS) is 11.6. The zero-order valence-electron chi connectivity index (χ0n) is 21.3. The highest BCUT2D eigenvalue weighted by molar-refractivity contribution is 5.97. The molecular formula is C25H30N8O5. The maximum Gasteiger partial charge on any atom is 0.326 e. The molecule has 200 valence electrons. The number of nitrogens with two attached hydrogens (primary N) is 2. The van der Waals surface area contributed by atoms with E-state index in [9.17, 15) is 19.5 Å². The minimum Gasteiger partial charge on any atom is -0.481 e. The molecule has 0 spiro atoms. The number of nitrogen functional groups attached to an aromatic ring is 2. The lowest BCUT2D eigenvalue weighted by molar-refractivity contribution is -0.140. The van der Waals surface area contributed by atoms with E-state index in [1.165, 1.54) is 0 Å². The summed E-state index contributed by atoms with van der Waals surface area (Å²) in [6.07, 6.45) is 3.03. The lowest BCUT2D eigenvalue weighted by Crippen LogP contribution is -2.41. The molecule has 13 nitrogen and oxygen atoms in total. The number of aryl methyl sites for hydroxylation is 1. The van der Waals surface area contributed by atoms with E-state index in [1.54, 1.807) is 24.4 Å². The van der Waals surface area contributed by atoms with E-state index in [0.29, 0.717) is 29.9 Å². The summed E-state index contributed by atoms with van der Waals surface area (Å²) < 4.78 is 0. The fraction of sp³-hybridized carbons (Fsp3) is 0.320. The lowest BCUT2D eigenvalue weighted by Gasteiger charge is -2.26. The molecule has 1 unspecified atom stereocenters. The van der Waals surface area contributed by atoms with Crippen LogP contribution >= 0.6 is 0 Å². The van der Waals surface area contributed by atoms with E-state index in [0.717, 1.165) is 16.8 Å². The van der Waals surface area contributed by atoms with Crippen LogP contribution in [0.2, 0.25) is 0 Å². The lowest BCUT2D eigenvalue weighted by atomic mass is 10.1. The Balaban J connectivity index is 1.87. The summed E-state index contributed by atoms with van der Waals surface area (Å²) in [6.45, 7) is 6.71. The number of carbonyl (C=O) groups is 3. The first-order valence-electron chi connectivity index (χ1n) is 11.7. The number of nitrogens with zero attached hydrogens (tertiary/aromatic N) is 5. The van der Waals surface area contributed by atoms with Gasteiger partial charge < -0.3 is 31.9 Å². The van der Waals surface area contributed by atoms with Crippen LogP contribution in [0.4, 0.5) is 17.5 Å². The molecule has 2 aromatic heterocycles. The van der Waals surface area contributed by atoms with E-state index in [2.05, 4.69) is 25.3 Å². The van der Waals surface area contributed by atoms with Gasteiger partial charge in [-0.2, -0.15) is 9.97 Å². The Kier molecular flexibility index (Phi) is 8.73. The third-order valence-electron chi connectivity index (χ3n) is 5.62. The Hall–Kier alpha value is -4.81. The van der Waals surface area contributed by atoms with Gasteiger partial charge in [-0.15, -0.1) is 0 Å². The zero-order chi connectivity index (χ0) is 28.0. The number of hydrogen-bond acceptors (Lipinski definition) is 10. The van der Waals surface area contributed by atoms with Gasteiger partial charge in [0.05, 0.1) is 18.4 Å². The van der Waals surface area contributed by atoms with Crippen LogP contribution in [0, 0.1) is 6.92 Å². The number of carbonyl (C=O) groups excluding carboxylic acids is 1. The van der Waals surface area contributed by atoms with Crippen molar-refractivity contribution < 1.29 is 24.6 Å². The number of nitrogens with one attached hydrogen (secondary N) is 1. The molecule has 3 rings (SSSR count). The Morgan fingerprint density at radius 2 is 1.87 bits per heavy atom. The number of aliphatic carboxylic acids is 2. The predicted octanol–water partition coefficient (Wildman–Crippen LogP) is 1.91. The monoisotopic (exact) mass is 522 g/mol. The molecule has 1 amide bonds. The molecule has 0 saturated carbocycles. The van der Waals surface area contributed by atoms with Gasteiger partial charge in [-0.3, -0.25) is 9.59 Å². The highest BCUT2D eigenvalue weighted by Gasteiger charge is 2.22. The van der Waals surface area contributed by atoms with Crippen LogP contribution in [0.5, 0.6) is 0 Å². The molecule has 3 aromatic rings. The third-order valence-corrected chi connectivity index (χ3v) is 5.62. The molecule has 1 atom stereocenters. The highest BCUT2D eigenvalue weighted by Crippen LogP contribution is 2.24. The number of anilines is 3. The molecule has 0 radical (unpaired) electrons. The van der Waals surface area contributed by atoms with E-state index < -0.39 is 23.9 Å². The van der Waals surface area contributed by atoms with Crippen LogP contribution in [-0.4, -0.2) is 60.6 Å². The molecule has 0 aliphatic carbocycles. The van der Waals surface area contributed by atoms with Crippen molar-refractivity contribution in [2.75, 3.05) is 22.9 Å². The van der Waals surface area contributed by atoms with Crippen molar-refractivity contribution in [2.45, 2.75) is 46.2 Å². The number of carboxylic acid groups (broad SMARTS) is 2. The van der Waals surface area contributed by atoms with Crippen molar-refractivity contribution in [1.29, 1.82) is 0 Å². The Morgan fingerprint density at radius 3 is 2.50 bits per heavy atom. The van der Waals surface area contributed by atoms with Crippen molar-refractivity contribution in [2.24, 2.45) is 0 Å². The molecule has 1 aromatic carbocycles. The van der Waals surface area contributed by atoms with Gasteiger partial charge in [0.2, 0.25) is 5.95 Å². The van der Waals surface area contributed by atoms with Gasteiger partial charge in [-0.1, -0.05) is 11.6 Å². The van der Waals surface area contributed by atoms with Gasteiger partial charge >= 0.3 is 11.9 Å². The molecule has 0 aliphatic rings. The van der Waals surface area contributed by atoms with Gasteiger partial charge in [-0.05, 0) is 51.0 Å². The average Bonchev–Trinajstić information content (AvgIpc) is 2.84. The molecule has 13 heteroatoms. The SMILES string of the molecule is CC(C)=CCN(Cc1cnc2nc(N)nc(N)c2n1)c1ccc(C(=O)NC(CCC(=O)O)C(=O)O)cc1C. The minimum atomic E-state index is -1.31. The Bertz CT molecular complexity index is 1400. The largest absolute Gasteiger partial charge is 0.481 e. The van der Waals surface area contributed by atoms with Crippen molar-refractivity contribution in [1.82, 2.24) is 25.3 Å². The topological polar surface area (TPSA) is 211 Å². The zero-order valence-corrected chi connectivity index (χ0v) is 21.3. The number of amides is 1. The maximum absolute atomic E-state index is 12.7.